The fourth-order valence-electron chi connectivity index (χ4n) is 4.77. The molecule has 1 fully saturated rings. The van der Waals surface area contributed by atoms with E-state index in [1.165, 1.54) is 51.4 Å². The first kappa shape index (κ1) is 23.6. The molecule has 0 radical (unpaired) electrons. The predicted octanol–water partition coefficient (Wildman–Crippen LogP) is 8.49. The quantitative estimate of drug-likeness (QED) is 0.240. The molecule has 1 aliphatic carbocycles. The molecule has 0 unspecified atom stereocenters. The number of carbonyl (C=O) groups excluding carboxylic acids is 1. The zero-order valence-electron chi connectivity index (χ0n) is 19.6. The number of hydrogen-bond acceptors (Lipinski definition) is 2. The number of ketones is 1. The third-order valence-electron chi connectivity index (χ3n) is 6.75. The molecule has 0 heterocycles. The van der Waals surface area contributed by atoms with Gasteiger partial charge in [0.25, 0.3) is 0 Å². The van der Waals surface area contributed by atoms with Crippen molar-refractivity contribution in [1.82, 2.24) is 0 Å². The second kappa shape index (κ2) is 12.7. The molecule has 0 spiro atoms. The summed E-state index contributed by atoms with van der Waals surface area (Å²) in [6, 6.07) is 16.5. The zero-order chi connectivity index (χ0) is 21.9. The summed E-state index contributed by atoms with van der Waals surface area (Å²) in [7, 11) is 0. The van der Waals surface area contributed by atoms with E-state index in [1.54, 1.807) is 0 Å². The normalized spacial score (nSPS) is 18.3. The summed E-state index contributed by atoms with van der Waals surface area (Å²) in [6.45, 7) is 5.28. The van der Waals surface area contributed by atoms with Gasteiger partial charge in [0.2, 0.25) is 0 Å². The molecule has 31 heavy (non-hydrogen) atoms. The molecule has 0 N–H and O–H groups in total. The van der Waals surface area contributed by atoms with Crippen molar-refractivity contribution in [3.63, 3.8) is 0 Å². The number of unbranched alkanes of at least 4 members (excludes halogenated alkanes) is 5. The maximum atomic E-state index is 12.9. The average molecular weight is 421 g/mol. The lowest BCUT2D eigenvalue weighted by Crippen LogP contribution is -2.11. The highest BCUT2D eigenvalue weighted by molar-refractivity contribution is 5.98. The van der Waals surface area contributed by atoms with Crippen molar-refractivity contribution < 1.29 is 9.53 Å². The summed E-state index contributed by atoms with van der Waals surface area (Å²) < 4.78 is 5.87. The van der Waals surface area contributed by atoms with Gasteiger partial charge in [-0.15, -0.1) is 0 Å². The first-order chi connectivity index (χ1) is 15.2. The third kappa shape index (κ3) is 7.23. The van der Waals surface area contributed by atoms with E-state index in [9.17, 15) is 4.79 Å². The third-order valence-corrected chi connectivity index (χ3v) is 6.75. The summed E-state index contributed by atoms with van der Waals surface area (Å²) in [5.74, 6) is 2.26. The molecular formula is C29H40O2. The van der Waals surface area contributed by atoms with Crippen LogP contribution in [0.15, 0.2) is 48.5 Å². The van der Waals surface area contributed by atoms with Gasteiger partial charge in [-0.1, -0.05) is 95.2 Å². The van der Waals surface area contributed by atoms with Gasteiger partial charge in [0, 0.05) is 11.5 Å². The van der Waals surface area contributed by atoms with Crippen LogP contribution in [0.3, 0.4) is 0 Å². The van der Waals surface area contributed by atoms with Gasteiger partial charge in [0.1, 0.15) is 5.75 Å². The second-order valence-corrected chi connectivity index (χ2v) is 9.25. The van der Waals surface area contributed by atoms with Gasteiger partial charge in [-0.2, -0.15) is 0 Å². The van der Waals surface area contributed by atoms with Crippen molar-refractivity contribution in [3.05, 3.63) is 54.1 Å². The molecule has 1 saturated carbocycles. The lowest BCUT2D eigenvalue weighted by molar-refractivity contribution is 0.0919. The molecule has 0 saturated heterocycles. The van der Waals surface area contributed by atoms with Crippen LogP contribution in [-0.4, -0.2) is 12.4 Å². The maximum absolute atomic E-state index is 12.9. The average Bonchev–Trinajstić information content (AvgIpc) is 3.29. The molecule has 2 atom stereocenters. The number of hydrogen-bond donors (Lipinski definition) is 0. The van der Waals surface area contributed by atoms with Crippen LogP contribution in [0.4, 0.5) is 0 Å². The van der Waals surface area contributed by atoms with Crippen LogP contribution in [-0.2, 0) is 0 Å². The summed E-state index contributed by atoms with van der Waals surface area (Å²) in [5, 5.41) is 0. The van der Waals surface area contributed by atoms with Gasteiger partial charge in [0.05, 0.1) is 6.61 Å². The molecule has 3 rings (SSSR count). The van der Waals surface area contributed by atoms with Crippen LogP contribution >= 0.6 is 0 Å². The van der Waals surface area contributed by atoms with Crippen molar-refractivity contribution in [3.8, 4) is 16.9 Å². The number of carbonyl (C=O) groups is 1. The zero-order valence-corrected chi connectivity index (χ0v) is 19.6. The van der Waals surface area contributed by atoms with Gasteiger partial charge in [-0.25, -0.2) is 0 Å². The van der Waals surface area contributed by atoms with Crippen molar-refractivity contribution in [2.24, 2.45) is 11.8 Å². The molecule has 0 amide bonds. The Kier molecular flexibility index (Phi) is 9.65. The lowest BCUT2D eigenvalue weighted by atomic mass is 9.92. The minimum atomic E-state index is 0.228. The van der Waals surface area contributed by atoms with Crippen molar-refractivity contribution in [1.29, 1.82) is 0 Å². The van der Waals surface area contributed by atoms with Crippen LogP contribution in [0, 0.1) is 11.8 Å². The summed E-state index contributed by atoms with van der Waals surface area (Å²) in [6.07, 6.45) is 13.5. The van der Waals surface area contributed by atoms with Crippen LogP contribution < -0.4 is 4.74 Å². The molecule has 2 aromatic rings. The van der Waals surface area contributed by atoms with E-state index in [4.69, 9.17) is 4.74 Å². The Hall–Kier alpha value is -2.09. The molecule has 2 aromatic carbocycles. The Balaban J connectivity index is 1.49. The highest BCUT2D eigenvalue weighted by Gasteiger charge is 2.29. The Bertz CT molecular complexity index is 775. The Morgan fingerprint density at radius 1 is 0.806 bits per heavy atom. The number of Topliss-reactive ketones (excluding diaryl/α,β-unsaturated/α-hetero) is 1. The van der Waals surface area contributed by atoms with E-state index in [0.29, 0.717) is 5.78 Å². The van der Waals surface area contributed by atoms with Crippen molar-refractivity contribution in [2.45, 2.75) is 84.5 Å². The predicted molar refractivity (Wildman–Crippen MR) is 131 cm³/mol. The fourth-order valence-corrected chi connectivity index (χ4v) is 4.77. The molecule has 1 aliphatic rings. The first-order valence-electron chi connectivity index (χ1n) is 12.6. The van der Waals surface area contributed by atoms with Crippen LogP contribution in [0.1, 0.15) is 94.8 Å². The molecule has 0 aromatic heterocycles. The Morgan fingerprint density at radius 3 is 2.13 bits per heavy atom. The monoisotopic (exact) mass is 420 g/mol. The van der Waals surface area contributed by atoms with E-state index in [0.717, 1.165) is 54.2 Å². The minimum Gasteiger partial charge on any atom is -0.494 e. The van der Waals surface area contributed by atoms with Gasteiger partial charge >= 0.3 is 0 Å². The minimum absolute atomic E-state index is 0.228. The summed E-state index contributed by atoms with van der Waals surface area (Å²) in [4.78, 5) is 12.9. The Morgan fingerprint density at radius 2 is 1.45 bits per heavy atom. The largest absolute Gasteiger partial charge is 0.494 e. The molecule has 2 nitrogen and oxygen atoms in total. The van der Waals surface area contributed by atoms with Crippen LogP contribution in [0.2, 0.25) is 0 Å². The molecule has 2 heteroatoms. The van der Waals surface area contributed by atoms with Gasteiger partial charge in [-0.05, 0) is 54.9 Å². The molecule has 0 bridgehead atoms. The number of rotatable bonds is 13. The van der Waals surface area contributed by atoms with Crippen LogP contribution in [0.5, 0.6) is 5.75 Å². The van der Waals surface area contributed by atoms with E-state index < -0.39 is 0 Å². The van der Waals surface area contributed by atoms with E-state index in [-0.39, 0.29) is 5.92 Å². The number of benzene rings is 2. The number of ether oxygens (including phenoxy) is 1. The second-order valence-electron chi connectivity index (χ2n) is 9.25. The van der Waals surface area contributed by atoms with Gasteiger partial charge in [-0.3, -0.25) is 4.79 Å². The standard InChI is InChI=1S/C29H40O2/c1-3-5-7-8-9-21-31-28-19-17-25(18-20-28)24-13-15-26(16-14-24)29(30)27-12-11-23(22-27)10-6-4-2/h13-20,23,27H,3-12,21-22H2,1-2H3/t23-,27-/m1/s1. The van der Waals surface area contributed by atoms with Crippen LogP contribution in [0.25, 0.3) is 11.1 Å². The highest BCUT2D eigenvalue weighted by atomic mass is 16.5. The molecule has 168 valence electrons. The van der Waals surface area contributed by atoms with E-state index in [1.807, 2.05) is 12.1 Å². The topological polar surface area (TPSA) is 26.3 Å². The summed E-state index contributed by atoms with van der Waals surface area (Å²) in [5.41, 5.74) is 3.18. The Labute approximate surface area is 189 Å². The van der Waals surface area contributed by atoms with E-state index in [2.05, 4.69) is 50.2 Å². The first-order valence-corrected chi connectivity index (χ1v) is 12.6. The fraction of sp³-hybridized carbons (Fsp3) is 0.552. The van der Waals surface area contributed by atoms with Gasteiger partial charge in [0.15, 0.2) is 5.78 Å². The van der Waals surface area contributed by atoms with Gasteiger partial charge < -0.3 is 4.74 Å². The summed E-state index contributed by atoms with van der Waals surface area (Å²) >= 11 is 0. The molecule has 0 aliphatic heterocycles. The SMILES string of the molecule is CCCCCCCOc1ccc(-c2ccc(C(=O)[C@@H]3CC[C@@H](CCCC)C3)cc2)cc1. The van der Waals surface area contributed by atoms with Crippen molar-refractivity contribution >= 4 is 5.78 Å². The van der Waals surface area contributed by atoms with E-state index >= 15 is 0 Å². The molecular weight excluding hydrogens is 380 g/mol. The highest BCUT2D eigenvalue weighted by Crippen LogP contribution is 2.36. The lowest BCUT2D eigenvalue weighted by Gasteiger charge is -2.11. The maximum Gasteiger partial charge on any atom is 0.165 e. The van der Waals surface area contributed by atoms with Crippen molar-refractivity contribution in [2.75, 3.05) is 6.61 Å². The smallest absolute Gasteiger partial charge is 0.165 e.